The van der Waals surface area contributed by atoms with E-state index >= 15 is 0 Å². The molecule has 182 valence electrons. The Balaban J connectivity index is 1.41. The Bertz CT molecular complexity index is 1120. The molecule has 5 heterocycles. The highest BCUT2D eigenvalue weighted by atomic mass is 16.7. The van der Waals surface area contributed by atoms with Gasteiger partial charge in [-0.15, -0.1) is 0 Å². The number of furan rings is 1. The molecule has 8 heteroatoms. The number of esters is 2. The minimum atomic E-state index is -1.70. The lowest BCUT2D eigenvalue weighted by Crippen LogP contribution is -2.74. The Morgan fingerprint density at radius 3 is 2.53 bits per heavy atom. The van der Waals surface area contributed by atoms with E-state index in [0.717, 1.165) is 18.4 Å². The van der Waals surface area contributed by atoms with E-state index < -0.39 is 39.7 Å². The standard InChI is InChI=1S/C26H30O8/c1-22(2)16-8-18(27)32-12-24(16)15-4-6-23(3)17(9-19(28)33-21(23)13-5-7-31-11-13)25(15)10-14(20(22)29)26(24,30)34-25/h5,7,11,14-17,21,30H,4,6,8-10,12H2,1-3H3/t14?,15-,16+,17-,21+,23-,24-,25-,26-/m1/s1. The van der Waals surface area contributed by atoms with E-state index in [4.69, 9.17) is 18.6 Å². The summed E-state index contributed by atoms with van der Waals surface area (Å²) in [4.78, 5) is 39.1. The number of carbonyl (C=O) groups excluding carboxylic acids is 3. The van der Waals surface area contributed by atoms with Crippen LogP contribution < -0.4 is 0 Å². The maximum atomic E-state index is 13.8. The van der Waals surface area contributed by atoms with Crippen LogP contribution in [-0.2, 0) is 28.6 Å². The molecule has 2 aliphatic carbocycles. The van der Waals surface area contributed by atoms with Crippen molar-refractivity contribution in [1.82, 2.24) is 0 Å². The largest absolute Gasteiger partial charge is 0.472 e. The number of fused-ring (bicyclic) bond motifs is 1. The molecule has 1 aromatic heterocycles. The molecule has 6 fully saturated rings. The van der Waals surface area contributed by atoms with Gasteiger partial charge in [0.15, 0.2) is 5.79 Å². The van der Waals surface area contributed by atoms with Crippen LogP contribution >= 0.6 is 0 Å². The van der Waals surface area contributed by atoms with Crippen LogP contribution in [0.1, 0.15) is 64.5 Å². The average molecular weight is 471 g/mol. The van der Waals surface area contributed by atoms with Crippen molar-refractivity contribution in [2.75, 3.05) is 6.61 Å². The molecule has 4 aliphatic heterocycles. The zero-order chi connectivity index (χ0) is 23.9. The van der Waals surface area contributed by atoms with E-state index in [1.165, 1.54) is 0 Å². The van der Waals surface area contributed by atoms with Crippen LogP contribution in [0.15, 0.2) is 23.0 Å². The summed E-state index contributed by atoms with van der Waals surface area (Å²) in [5.41, 5.74) is -2.14. The van der Waals surface area contributed by atoms with Crippen molar-refractivity contribution in [2.45, 2.75) is 70.4 Å². The number of ketones is 1. The first-order valence-electron chi connectivity index (χ1n) is 12.3. The summed E-state index contributed by atoms with van der Waals surface area (Å²) in [7, 11) is 0. The first-order valence-corrected chi connectivity index (χ1v) is 12.3. The molecule has 2 bridgehead atoms. The fraction of sp³-hybridized carbons (Fsp3) is 0.731. The lowest BCUT2D eigenvalue weighted by atomic mass is 9.36. The van der Waals surface area contributed by atoms with Crippen molar-refractivity contribution in [3.05, 3.63) is 24.2 Å². The predicted molar refractivity (Wildman–Crippen MR) is 114 cm³/mol. The van der Waals surface area contributed by atoms with Gasteiger partial charge in [-0.2, -0.15) is 0 Å². The second-order valence-electron chi connectivity index (χ2n) is 12.3. The van der Waals surface area contributed by atoms with Crippen molar-refractivity contribution < 1.29 is 38.1 Å². The van der Waals surface area contributed by atoms with E-state index in [1.54, 1.807) is 12.5 Å². The topological polar surface area (TPSA) is 112 Å². The van der Waals surface area contributed by atoms with Gasteiger partial charge >= 0.3 is 11.9 Å². The third-order valence-corrected chi connectivity index (χ3v) is 10.9. The predicted octanol–water partition coefficient (Wildman–Crippen LogP) is 2.94. The number of Topliss-reactive ketones (excluding diaryl/α,β-unsaturated/α-hetero) is 1. The maximum absolute atomic E-state index is 13.8. The van der Waals surface area contributed by atoms with Crippen LogP contribution in [0.3, 0.4) is 0 Å². The summed E-state index contributed by atoms with van der Waals surface area (Å²) < 4.78 is 23.6. The summed E-state index contributed by atoms with van der Waals surface area (Å²) in [6, 6.07) is 1.83. The third kappa shape index (κ3) is 2.02. The minimum absolute atomic E-state index is 0.0473. The molecule has 9 atom stereocenters. The van der Waals surface area contributed by atoms with E-state index in [0.29, 0.717) is 6.42 Å². The van der Waals surface area contributed by atoms with Gasteiger partial charge < -0.3 is 23.7 Å². The van der Waals surface area contributed by atoms with E-state index in [1.807, 2.05) is 19.9 Å². The number of cyclic esters (lactones) is 2. The number of ether oxygens (including phenoxy) is 3. The second-order valence-corrected chi connectivity index (χ2v) is 12.3. The highest BCUT2D eigenvalue weighted by molar-refractivity contribution is 5.91. The van der Waals surface area contributed by atoms with Gasteiger partial charge in [0.2, 0.25) is 0 Å². The zero-order valence-electron chi connectivity index (χ0n) is 19.7. The first kappa shape index (κ1) is 21.1. The van der Waals surface area contributed by atoms with E-state index in [-0.39, 0.29) is 54.9 Å². The number of aliphatic hydroxyl groups is 1. The molecule has 2 saturated carbocycles. The Morgan fingerprint density at radius 1 is 1.03 bits per heavy atom. The summed E-state index contributed by atoms with van der Waals surface area (Å²) in [5, 5.41) is 12.2. The smallest absolute Gasteiger partial charge is 0.306 e. The molecule has 0 aromatic carbocycles. The molecular formula is C26H30O8. The lowest BCUT2D eigenvalue weighted by molar-refractivity contribution is -0.301. The molecular weight excluding hydrogens is 440 g/mol. The van der Waals surface area contributed by atoms with Crippen LogP contribution in [0.5, 0.6) is 0 Å². The van der Waals surface area contributed by atoms with Gasteiger partial charge in [-0.05, 0) is 31.2 Å². The van der Waals surface area contributed by atoms with Gasteiger partial charge in [0, 0.05) is 28.2 Å². The quantitative estimate of drug-likeness (QED) is 0.624. The molecule has 1 N–H and O–H groups in total. The van der Waals surface area contributed by atoms with Crippen molar-refractivity contribution in [2.24, 2.45) is 39.9 Å². The molecule has 0 amide bonds. The molecule has 6 aliphatic rings. The van der Waals surface area contributed by atoms with Gasteiger partial charge in [0.05, 0.1) is 42.3 Å². The summed E-state index contributed by atoms with van der Waals surface area (Å²) in [6.07, 6.45) is 4.82. The SMILES string of the molecule is CC1(C)C(=O)C2C[C@@]34O[C@@]2(O)[C@]2(COC(=O)C[C@@H]12)[C@H]3CC[C@]1(C)[C@H]4CC(=O)O[C@H]1c1ccoc1. The summed E-state index contributed by atoms with van der Waals surface area (Å²) >= 11 is 0. The van der Waals surface area contributed by atoms with Crippen LogP contribution in [0.2, 0.25) is 0 Å². The van der Waals surface area contributed by atoms with Crippen LogP contribution in [0, 0.1) is 39.9 Å². The van der Waals surface area contributed by atoms with Gasteiger partial charge in [0.25, 0.3) is 0 Å². The monoisotopic (exact) mass is 470 g/mol. The van der Waals surface area contributed by atoms with Crippen LogP contribution in [0.4, 0.5) is 0 Å². The Labute approximate surface area is 197 Å². The minimum Gasteiger partial charge on any atom is -0.472 e. The Kier molecular flexibility index (Phi) is 3.70. The molecule has 2 spiro atoms. The first-order chi connectivity index (χ1) is 16.0. The molecule has 4 saturated heterocycles. The Hall–Kier alpha value is -2.19. The Morgan fingerprint density at radius 2 is 1.79 bits per heavy atom. The third-order valence-electron chi connectivity index (χ3n) is 10.9. The summed E-state index contributed by atoms with van der Waals surface area (Å²) in [6.45, 7) is 5.98. The molecule has 34 heavy (non-hydrogen) atoms. The molecule has 0 radical (unpaired) electrons. The fourth-order valence-corrected chi connectivity index (χ4v) is 9.59. The van der Waals surface area contributed by atoms with Crippen molar-refractivity contribution in [3.8, 4) is 0 Å². The molecule has 8 nitrogen and oxygen atoms in total. The number of rotatable bonds is 1. The highest BCUT2D eigenvalue weighted by Gasteiger charge is 2.89. The van der Waals surface area contributed by atoms with Crippen LogP contribution in [-0.4, -0.2) is 40.8 Å². The number of carbonyl (C=O) groups is 3. The normalized spacial score (nSPS) is 52.4. The molecule has 7 rings (SSSR count). The van der Waals surface area contributed by atoms with Gasteiger partial charge in [-0.1, -0.05) is 20.8 Å². The van der Waals surface area contributed by atoms with E-state index in [9.17, 15) is 19.5 Å². The number of hydrogen-bond acceptors (Lipinski definition) is 8. The van der Waals surface area contributed by atoms with Gasteiger partial charge in [0.1, 0.15) is 18.5 Å². The molecule has 1 aromatic rings. The highest BCUT2D eigenvalue weighted by Crippen LogP contribution is 2.80. The summed E-state index contributed by atoms with van der Waals surface area (Å²) in [5.74, 6) is -3.87. The van der Waals surface area contributed by atoms with Crippen molar-refractivity contribution >= 4 is 17.7 Å². The van der Waals surface area contributed by atoms with Crippen LogP contribution in [0.25, 0.3) is 0 Å². The fourth-order valence-electron chi connectivity index (χ4n) is 9.59. The molecule has 1 unspecified atom stereocenters. The van der Waals surface area contributed by atoms with Gasteiger partial charge in [-0.25, -0.2) is 0 Å². The van der Waals surface area contributed by atoms with Crippen molar-refractivity contribution in [3.63, 3.8) is 0 Å². The maximum Gasteiger partial charge on any atom is 0.306 e. The zero-order valence-corrected chi connectivity index (χ0v) is 19.7. The average Bonchev–Trinajstić information content (AvgIpc) is 3.46. The lowest BCUT2D eigenvalue weighted by Gasteiger charge is -2.66. The second kappa shape index (κ2) is 5.95. The number of hydrogen-bond donors (Lipinski definition) is 1. The van der Waals surface area contributed by atoms with Gasteiger partial charge in [-0.3, -0.25) is 14.4 Å². The van der Waals surface area contributed by atoms with Crippen molar-refractivity contribution in [1.29, 1.82) is 0 Å². The van der Waals surface area contributed by atoms with E-state index in [2.05, 4.69) is 6.92 Å².